The number of likely N-dealkylation sites (tertiary alicyclic amines) is 1. The molecule has 1 N–H and O–H groups in total. The van der Waals surface area contributed by atoms with Gasteiger partial charge in [-0.05, 0) is 80.9 Å². The largest absolute Gasteiger partial charge is 0.475 e. The number of nitriles is 2. The van der Waals surface area contributed by atoms with Crippen LogP contribution in [0.4, 0.5) is 10.5 Å². The number of amides is 1. The molecule has 2 unspecified atom stereocenters. The Hall–Kier alpha value is -4.05. The fraction of sp³-hybridized carbons (Fsp3) is 0.455. The fourth-order valence-electron chi connectivity index (χ4n) is 6.97. The van der Waals surface area contributed by atoms with Crippen molar-refractivity contribution in [3.8, 4) is 29.1 Å². The number of carboxylic acid groups (broad SMARTS) is 1. The second-order valence-electron chi connectivity index (χ2n) is 11.8. The molecule has 1 amide bonds. The normalized spacial score (nSPS) is 20.5. The molecule has 3 aromatic rings. The highest BCUT2D eigenvalue weighted by atomic mass is 35.5. The van der Waals surface area contributed by atoms with Gasteiger partial charge in [-0.3, -0.25) is 0 Å². The average molecular weight is 599 g/mol. The predicted molar refractivity (Wildman–Crippen MR) is 166 cm³/mol. The lowest BCUT2D eigenvalue weighted by atomic mass is 9.85. The molecule has 3 heterocycles. The molecule has 222 valence electrons. The number of anilines is 1. The summed E-state index contributed by atoms with van der Waals surface area (Å²) < 4.78 is 6.33. The van der Waals surface area contributed by atoms with Crippen molar-refractivity contribution in [1.29, 1.82) is 10.5 Å². The quantitative estimate of drug-likeness (QED) is 0.375. The van der Waals surface area contributed by atoms with Gasteiger partial charge in [-0.15, -0.1) is 0 Å². The molecule has 0 spiro atoms. The molecule has 3 aliphatic rings. The van der Waals surface area contributed by atoms with Gasteiger partial charge in [0, 0.05) is 41.6 Å². The van der Waals surface area contributed by atoms with Crippen LogP contribution in [0.3, 0.4) is 0 Å². The van der Waals surface area contributed by atoms with Gasteiger partial charge in [0.25, 0.3) is 0 Å². The fourth-order valence-corrected chi connectivity index (χ4v) is 7.24. The van der Waals surface area contributed by atoms with Gasteiger partial charge in [-0.1, -0.05) is 29.8 Å². The maximum atomic E-state index is 11.9. The highest BCUT2D eigenvalue weighted by Crippen LogP contribution is 2.42. The van der Waals surface area contributed by atoms with Crippen LogP contribution in [0.15, 0.2) is 30.3 Å². The third-order valence-corrected chi connectivity index (χ3v) is 9.58. The minimum absolute atomic E-state index is 0.0507. The molecule has 2 aromatic carbocycles. The summed E-state index contributed by atoms with van der Waals surface area (Å²) in [5, 5.41) is 31.0. The number of nitrogens with zero attached hydrogens (tertiary/aromatic N) is 6. The molecular weight excluding hydrogens is 564 g/mol. The predicted octanol–water partition coefficient (Wildman–Crippen LogP) is 5.86. The van der Waals surface area contributed by atoms with E-state index in [1.807, 2.05) is 17.0 Å². The number of aromatic nitrogens is 1. The lowest BCUT2D eigenvalue weighted by molar-refractivity contribution is 0.119. The Morgan fingerprint density at radius 2 is 1.95 bits per heavy atom. The number of halogens is 1. The van der Waals surface area contributed by atoms with Crippen LogP contribution in [0.2, 0.25) is 5.02 Å². The maximum Gasteiger partial charge on any atom is 0.407 e. The molecular formula is C33H35ClN6O3. The monoisotopic (exact) mass is 598 g/mol. The van der Waals surface area contributed by atoms with Crippen LogP contribution >= 0.6 is 11.6 Å². The van der Waals surface area contributed by atoms with Crippen LogP contribution < -0.4 is 9.64 Å². The number of piperazine rings is 1. The van der Waals surface area contributed by atoms with E-state index < -0.39 is 12.1 Å². The number of ether oxygens (including phenoxy) is 1. The number of rotatable bonds is 6. The van der Waals surface area contributed by atoms with Crippen molar-refractivity contribution in [2.24, 2.45) is 0 Å². The second-order valence-corrected chi connectivity index (χ2v) is 12.2. The molecule has 9 nitrogen and oxygen atoms in total. The number of likely N-dealkylation sites (N-methyl/N-ethyl adjacent to an activating group) is 1. The molecule has 0 saturated carbocycles. The first-order chi connectivity index (χ1) is 20.9. The molecule has 1 aliphatic carbocycles. The molecule has 6 rings (SSSR count). The summed E-state index contributed by atoms with van der Waals surface area (Å²) in [5.41, 5.74) is 6.28. The van der Waals surface area contributed by atoms with Crippen molar-refractivity contribution in [1.82, 2.24) is 14.8 Å². The van der Waals surface area contributed by atoms with E-state index in [4.69, 9.17) is 21.3 Å². The summed E-state index contributed by atoms with van der Waals surface area (Å²) in [6.45, 7) is 2.26. The molecule has 2 fully saturated rings. The second kappa shape index (κ2) is 12.3. The molecule has 2 saturated heterocycles. The standard InChI is InChI=1S/C33H35ClN6O3/c1-38-13-5-8-23(38)20-43-32-28(18-36)31(39-14-15-40(33(41)42)22(19-39)11-12-35)27-16-29(34)26(17-30(27)37-32)25-10-4-7-21-6-2-3-9-24(21)25/h4,7,10,16-17,22-23H,2-3,5-6,8-9,11,13-15,19-20H2,1H3,(H,41,42). The lowest BCUT2D eigenvalue weighted by Crippen LogP contribution is -2.55. The van der Waals surface area contributed by atoms with Crippen LogP contribution in [0.5, 0.6) is 5.88 Å². The van der Waals surface area contributed by atoms with Crippen LogP contribution in [0, 0.1) is 22.7 Å². The highest BCUT2D eigenvalue weighted by molar-refractivity contribution is 6.34. The van der Waals surface area contributed by atoms with Gasteiger partial charge < -0.3 is 24.5 Å². The van der Waals surface area contributed by atoms with Gasteiger partial charge in [0.1, 0.15) is 18.2 Å². The average Bonchev–Trinajstić information content (AvgIpc) is 3.43. The van der Waals surface area contributed by atoms with Crippen molar-refractivity contribution in [2.45, 2.75) is 57.0 Å². The van der Waals surface area contributed by atoms with Crippen LogP contribution in [0.1, 0.15) is 48.8 Å². The number of hydrogen-bond donors (Lipinski definition) is 1. The zero-order valence-corrected chi connectivity index (χ0v) is 25.1. The van der Waals surface area contributed by atoms with Gasteiger partial charge in [0.05, 0.1) is 29.7 Å². The highest BCUT2D eigenvalue weighted by Gasteiger charge is 2.34. The number of benzene rings is 2. The molecule has 0 bridgehead atoms. The third-order valence-electron chi connectivity index (χ3n) is 9.27. The minimum atomic E-state index is -1.05. The van der Waals surface area contributed by atoms with E-state index in [1.165, 1.54) is 22.4 Å². The molecule has 2 atom stereocenters. The Kier molecular flexibility index (Phi) is 8.30. The number of pyridine rings is 1. The Balaban J connectivity index is 1.49. The Morgan fingerprint density at radius 1 is 1.12 bits per heavy atom. The van der Waals surface area contributed by atoms with Crippen LogP contribution in [-0.2, 0) is 12.8 Å². The van der Waals surface area contributed by atoms with E-state index in [9.17, 15) is 20.4 Å². The van der Waals surface area contributed by atoms with Crippen molar-refractivity contribution < 1.29 is 14.6 Å². The van der Waals surface area contributed by atoms with E-state index in [0.717, 1.165) is 49.8 Å². The van der Waals surface area contributed by atoms with Crippen molar-refractivity contribution in [3.05, 3.63) is 52.0 Å². The van der Waals surface area contributed by atoms with Gasteiger partial charge in [0.15, 0.2) is 0 Å². The first kappa shape index (κ1) is 29.0. The first-order valence-corrected chi connectivity index (χ1v) is 15.4. The minimum Gasteiger partial charge on any atom is -0.475 e. The summed E-state index contributed by atoms with van der Waals surface area (Å²) in [7, 11) is 2.08. The number of carbonyl (C=O) groups is 1. The van der Waals surface area contributed by atoms with Gasteiger partial charge in [-0.2, -0.15) is 10.5 Å². The first-order valence-electron chi connectivity index (χ1n) is 15.0. The summed E-state index contributed by atoms with van der Waals surface area (Å²) in [6, 6.07) is 14.5. The molecule has 43 heavy (non-hydrogen) atoms. The number of hydrogen-bond acceptors (Lipinski definition) is 7. The third kappa shape index (κ3) is 5.56. The molecule has 1 aromatic heterocycles. The Morgan fingerprint density at radius 3 is 2.70 bits per heavy atom. The van der Waals surface area contributed by atoms with Crippen molar-refractivity contribution in [2.75, 3.05) is 44.7 Å². The topological polar surface area (TPSA) is 117 Å². The summed E-state index contributed by atoms with van der Waals surface area (Å²) in [5.74, 6) is 0.270. The summed E-state index contributed by atoms with van der Waals surface area (Å²) in [4.78, 5) is 22.4. The van der Waals surface area contributed by atoms with Gasteiger partial charge in [0.2, 0.25) is 5.88 Å². The van der Waals surface area contributed by atoms with E-state index in [1.54, 1.807) is 0 Å². The SMILES string of the molecule is CN1CCCC1COc1nc2cc(-c3cccc4c3CCCC4)c(Cl)cc2c(N2CCN(C(=O)O)C(CC#N)C2)c1C#N. The van der Waals surface area contributed by atoms with Crippen LogP contribution in [-0.4, -0.2) is 77.9 Å². The molecule has 0 radical (unpaired) electrons. The smallest absolute Gasteiger partial charge is 0.407 e. The van der Waals surface area contributed by atoms with E-state index in [2.05, 4.69) is 42.3 Å². The maximum absolute atomic E-state index is 11.9. The van der Waals surface area contributed by atoms with Gasteiger partial charge in [-0.25, -0.2) is 9.78 Å². The molecule has 10 heteroatoms. The lowest BCUT2D eigenvalue weighted by Gasteiger charge is -2.41. The van der Waals surface area contributed by atoms with Crippen LogP contribution in [0.25, 0.3) is 22.0 Å². The van der Waals surface area contributed by atoms with Crippen molar-refractivity contribution >= 4 is 34.3 Å². The molecule has 2 aliphatic heterocycles. The van der Waals surface area contributed by atoms with E-state index in [-0.39, 0.29) is 31.4 Å². The zero-order chi connectivity index (χ0) is 30.1. The van der Waals surface area contributed by atoms with E-state index in [0.29, 0.717) is 40.3 Å². The summed E-state index contributed by atoms with van der Waals surface area (Å²) >= 11 is 7.04. The van der Waals surface area contributed by atoms with Gasteiger partial charge >= 0.3 is 6.09 Å². The Bertz CT molecular complexity index is 1650. The number of aryl methyl sites for hydroxylation is 1. The zero-order valence-electron chi connectivity index (χ0n) is 24.4. The van der Waals surface area contributed by atoms with Crippen molar-refractivity contribution in [3.63, 3.8) is 0 Å². The Labute approximate surface area is 256 Å². The van der Waals surface area contributed by atoms with E-state index >= 15 is 0 Å². The number of fused-ring (bicyclic) bond motifs is 2. The summed E-state index contributed by atoms with van der Waals surface area (Å²) in [6.07, 6.45) is 5.50.